The highest BCUT2D eigenvalue weighted by Gasteiger charge is 2.60. The molecule has 2 N–H and O–H groups in total. The van der Waals surface area contributed by atoms with E-state index in [1.165, 1.54) is 4.90 Å². The van der Waals surface area contributed by atoms with Gasteiger partial charge in [-0.15, -0.1) is 0 Å². The highest BCUT2D eigenvalue weighted by molar-refractivity contribution is 6.08. The Morgan fingerprint density at radius 1 is 1.24 bits per heavy atom. The van der Waals surface area contributed by atoms with Gasteiger partial charge in [0.1, 0.15) is 23.1 Å². The summed E-state index contributed by atoms with van der Waals surface area (Å²) in [5.74, 6) is 0.660. The number of amides is 3. The highest BCUT2D eigenvalue weighted by Crippen LogP contribution is 2.49. The molecule has 2 atom stereocenters. The quantitative estimate of drug-likeness (QED) is 0.548. The van der Waals surface area contributed by atoms with Crippen molar-refractivity contribution in [3.63, 3.8) is 0 Å². The molecule has 2 aliphatic heterocycles. The maximum absolute atomic E-state index is 13.8. The number of phenols is 1. The fourth-order valence-corrected chi connectivity index (χ4v) is 5.29. The molecule has 0 aliphatic carbocycles. The van der Waals surface area contributed by atoms with E-state index in [-0.39, 0.29) is 17.7 Å². The third-order valence-electron chi connectivity index (χ3n) is 7.30. The number of nitrogens with one attached hydrogen (secondary N) is 1. The van der Waals surface area contributed by atoms with E-state index >= 15 is 0 Å². The van der Waals surface area contributed by atoms with Gasteiger partial charge in [0.25, 0.3) is 5.91 Å². The lowest BCUT2D eigenvalue weighted by Crippen LogP contribution is -2.53. The molecule has 3 amide bonds. The average molecular weight is 463 g/mol. The van der Waals surface area contributed by atoms with Gasteiger partial charge in [-0.1, -0.05) is 19.1 Å². The monoisotopic (exact) mass is 462 g/mol. The lowest BCUT2D eigenvalue weighted by Gasteiger charge is -2.42. The number of carbonyl (C=O) groups is 2. The SMILES string of the molecule is CCN(C)CCN1C(=O)N2C(c3cccc(O)c3)c3[nH]c4ccc(OC)cc4c3CC2(C)C1=O. The van der Waals surface area contributed by atoms with E-state index in [1.54, 1.807) is 30.2 Å². The Balaban J connectivity index is 1.68. The van der Waals surface area contributed by atoms with Gasteiger partial charge < -0.3 is 19.7 Å². The van der Waals surface area contributed by atoms with Crippen molar-refractivity contribution in [2.75, 3.05) is 33.8 Å². The number of aromatic nitrogens is 1. The maximum Gasteiger partial charge on any atom is 0.328 e. The third kappa shape index (κ3) is 3.24. The van der Waals surface area contributed by atoms with Crippen molar-refractivity contribution in [2.45, 2.75) is 31.8 Å². The number of methoxy groups -OCH3 is 1. The second-order valence-corrected chi connectivity index (χ2v) is 9.38. The zero-order chi connectivity index (χ0) is 24.2. The first-order valence-corrected chi connectivity index (χ1v) is 11.6. The van der Waals surface area contributed by atoms with Gasteiger partial charge >= 0.3 is 6.03 Å². The highest BCUT2D eigenvalue weighted by atomic mass is 16.5. The molecule has 2 unspecified atom stereocenters. The molecule has 0 spiro atoms. The normalized spacial score (nSPS) is 22.0. The molecule has 5 rings (SSSR count). The van der Waals surface area contributed by atoms with Crippen molar-refractivity contribution in [1.29, 1.82) is 0 Å². The van der Waals surface area contributed by atoms with Gasteiger partial charge in [0.05, 0.1) is 7.11 Å². The molecule has 8 heteroatoms. The number of H-pyrrole nitrogens is 1. The molecule has 0 radical (unpaired) electrons. The van der Waals surface area contributed by atoms with E-state index in [0.717, 1.165) is 40.0 Å². The van der Waals surface area contributed by atoms with Crippen molar-refractivity contribution in [3.8, 4) is 11.5 Å². The van der Waals surface area contributed by atoms with Crippen molar-refractivity contribution in [2.24, 2.45) is 0 Å². The smallest absolute Gasteiger partial charge is 0.328 e. The molecule has 34 heavy (non-hydrogen) atoms. The Morgan fingerprint density at radius 2 is 2.03 bits per heavy atom. The molecule has 1 aromatic heterocycles. The number of carbonyl (C=O) groups excluding carboxylic acids is 2. The zero-order valence-electron chi connectivity index (χ0n) is 20.0. The zero-order valence-corrected chi connectivity index (χ0v) is 20.0. The minimum atomic E-state index is -1.04. The number of nitrogens with zero attached hydrogens (tertiary/aromatic N) is 3. The van der Waals surface area contributed by atoms with E-state index in [4.69, 9.17) is 4.74 Å². The largest absolute Gasteiger partial charge is 0.508 e. The number of aromatic amines is 1. The summed E-state index contributed by atoms with van der Waals surface area (Å²) in [5.41, 5.74) is 2.49. The minimum Gasteiger partial charge on any atom is -0.508 e. The standard InChI is InChI=1S/C26H30N4O4/c1-5-28(3)11-12-29-24(32)26(2)15-20-19-14-18(34-4)9-10-21(19)27-22(20)23(30(26)25(29)33)16-7-6-8-17(31)13-16/h6-10,13-14,23,27,31H,5,11-12,15H2,1-4H3. The molecular formula is C26H30N4O4. The Bertz CT molecular complexity index is 1290. The first-order valence-electron chi connectivity index (χ1n) is 11.6. The molecule has 2 aromatic carbocycles. The number of fused-ring (bicyclic) bond motifs is 4. The topological polar surface area (TPSA) is 89.1 Å². The molecule has 2 aliphatic rings. The van der Waals surface area contributed by atoms with Crippen molar-refractivity contribution in [3.05, 3.63) is 59.3 Å². The van der Waals surface area contributed by atoms with Crippen LogP contribution in [0.1, 0.15) is 36.7 Å². The number of benzene rings is 2. The molecule has 178 valence electrons. The number of hydrogen-bond acceptors (Lipinski definition) is 5. The van der Waals surface area contributed by atoms with E-state index in [2.05, 4.69) is 9.88 Å². The number of imide groups is 1. The average Bonchev–Trinajstić information content (AvgIpc) is 3.27. The molecule has 3 aromatic rings. The molecule has 1 saturated heterocycles. The Kier molecular flexibility index (Phi) is 5.28. The minimum absolute atomic E-state index is 0.114. The van der Waals surface area contributed by atoms with Gasteiger partial charge in [0, 0.05) is 36.1 Å². The van der Waals surface area contributed by atoms with E-state index in [0.29, 0.717) is 19.5 Å². The molecule has 0 saturated carbocycles. The fraction of sp³-hybridized carbons (Fsp3) is 0.385. The summed E-state index contributed by atoms with van der Waals surface area (Å²) in [6, 6.07) is 11.9. The van der Waals surface area contributed by atoms with Gasteiger partial charge in [0.2, 0.25) is 0 Å². The summed E-state index contributed by atoms with van der Waals surface area (Å²) in [6.07, 6.45) is 0.398. The molecule has 0 bridgehead atoms. The van der Waals surface area contributed by atoms with Gasteiger partial charge in [-0.3, -0.25) is 14.6 Å². The number of phenolic OH excluding ortho intramolecular Hbond substituents is 1. The molecular weight excluding hydrogens is 432 g/mol. The van der Waals surface area contributed by atoms with E-state index < -0.39 is 11.6 Å². The number of ether oxygens (including phenoxy) is 1. The summed E-state index contributed by atoms with van der Waals surface area (Å²) in [4.78, 5) is 36.2. The third-order valence-corrected chi connectivity index (χ3v) is 7.30. The number of likely N-dealkylation sites (N-methyl/N-ethyl adjacent to an activating group) is 1. The van der Waals surface area contributed by atoms with Crippen molar-refractivity contribution < 1.29 is 19.4 Å². The van der Waals surface area contributed by atoms with Gasteiger partial charge in [0.15, 0.2) is 0 Å². The molecule has 1 fully saturated rings. The van der Waals surface area contributed by atoms with Crippen LogP contribution in [-0.2, 0) is 11.2 Å². The number of urea groups is 1. The fourth-order valence-electron chi connectivity index (χ4n) is 5.29. The van der Waals surface area contributed by atoms with Crippen LogP contribution in [0.3, 0.4) is 0 Å². The van der Waals surface area contributed by atoms with Gasteiger partial charge in [-0.25, -0.2) is 4.79 Å². The summed E-state index contributed by atoms with van der Waals surface area (Å²) in [5, 5.41) is 11.2. The van der Waals surface area contributed by atoms with Gasteiger partial charge in [-0.05, 0) is 62.0 Å². The van der Waals surface area contributed by atoms with E-state index in [9.17, 15) is 14.7 Å². The van der Waals surface area contributed by atoms with Crippen LogP contribution in [-0.4, -0.2) is 76.1 Å². The number of rotatable bonds is 6. The Morgan fingerprint density at radius 3 is 2.74 bits per heavy atom. The van der Waals surface area contributed by atoms with Crippen molar-refractivity contribution >= 4 is 22.8 Å². The van der Waals surface area contributed by atoms with Crippen LogP contribution in [0.25, 0.3) is 10.9 Å². The van der Waals surface area contributed by atoms with Crippen LogP contribution in [0, 0.1) is 0 Å². The summed E-state index contributed by atoms with van der Waals surface area (Å²) < 4.78 is 5.45. The summed E-state index contributed by atoms with van der Waals surface area (Å²) in [6.45, 7) is 5.68. The van der Waals surface area contributed by atoms with E-state index in [1.807, 2.05) is 45.2 Å². The van der Waals surface area contributed by atoms with Crippen LogP contribution in [0.2, 0.25) is 0 Å². The first kappa shape index (κ1) is 22.3. The van der Waals surface area contributed by atoms with Crippen LogP contribution < -0.4 is 4.74 Å². The lowest BCUT2D eigenvalue weighted by atomic mass is 9.81. The number of aromatic hydroxyl groups is 1. The maximum atomic E-state index is 13.8. The van der Waals surface area contributed by atoms with Crippen LogP contribution >= 0.6 is 0 Å². The number of hydrogen-bond donors (Lipinski definition) is 2. The molecule has 3 heterocycles. The Hall–Kier alpha value is -3.52. The van der Waals surface area contributed by atoms with Crippen LogP contribution in [0.5, 0.6) is 11.5 Å². The predicted octanol–water partition coefficient (Wildman–Crippen LogP) is 3.50. The second kappa shape index (κ2) is 8.06. The summed E-state index contributed by atoms with van der Waals surface area (Å²) >= 11 is 0. The van der Waals surface area contributed by atoms with Crippen LogP contribution in [0.4, 0.5) is 4.79 Å². The second-order valence-electron chi connectivity index (χ2n) is 9.38. The van der Waals surface area contributed by atoms with Crippen molar-refractivity contribution in [1.82, 2.24) is 19.7 Å². The molecule has 8 nitrogen and oxygen atoms in total. The first-order chi connectivity index (χ1) is 16.3. The predicted molar refractivity (Wildman–Crippen MR) is 129 cm³/mol. The lowest BCUT2D eigenvalue weighted by molar-refractivity contribution is -0.133. The summed E-state index contributed by atoms with van der Waals surface area (Å²) in [7, 11) is 3.60. The van der Waals surface area contributed by atoms with Crippen LogP contribution in [0.15, 0.2) is 42.5 Å². The van der Waals surface area contributed by atoms with Gasteiger partial charge in [-0.2, -0.15) is 0 Å². The Labute approximate surface area is 198 Å².